The number of fused-ring (bicyclic) bond motifs is 1. The fourth-order valence-electron chi connectivity index (χ4n) is 2.77. The molecule has 2 aliphatic rings. The number of aliphatic carboxylic acids is 1. The molecule has 0 spiro atoms. The summed E-state index contributed by atoms with van der Waals surface area (Å²) in [7, 11) is 0. The lowest BCUT2D eigenvalue weighted by Gasteiger charge is -2.48. The highest BCUT2D eigenvalue weighted by Gasteiger charge is 2.60. The number of nitrogens with one attached hydrogen (secondary N) is 1. The van der Waals surface area contributed by atoms with E-state index in [1.165, 1.54) is 11.3 Å². The first kappa shape index (κ1) is 17.0. The van der Waals surface area contributed by atoms with Gasteiger partial charge in [0.15, 0.2) is 6.04 Å². The summed E-state index contributed by atoms with van der Waals surface area (Å²) < 4.78 is 12.3. The van der Waals surface area contributed by atoms with E-state index >= 15 is 0 Å². The van der Waals surface area contributed by atoms with Crippen molar-refractivity contribution in [3.8, 4) is 0 Å². The van der Waals surface area contributed by atoms with Crippen LogP contribution in [0.15, 0.2) is 28.8 Å². The third-order valence-corrected chi connectivity index (χ3v) is 6.36. The maximum absolute atomic E-state index is 12.3. The van der Waals surface area contributed by atoms with Crippen LogP contribution in [0, 0.1) is 0 Å². The van der Waals surface area contributed by atoms with Crippen LogP contribution in [0.4, 0.5) is 0 Å². The van der Waals surface area contributed by atoms with Crippen LogP contribution >= 0.6 is 11.3 Å². The molecule has 1 fully saturated rings. The van der Waals surface area contributed by atoms with Gasteiger partial charge in [0, 0.05) is 10.5 Å². The van der Waals surface area contributed by atoms with Crippen molar-refractivity contribution in [3.05, 3.63) is 33.7 Å². The first-order valence-electron chi connectivity index (χ1n) is 7.02. The standard InChI is InChI=1S/C14H14N2O6S2/c17-5-7-6-24(22)13-10(12(19)16(13)11(7)14(20)21)15-9(18)4-8-2-1-3-23-8/h1-3,10,13,17H,4-6H2,(H,15,18)(H,20,21)/t10?,13-,24?/m1/s1. The van der Waals surface area contributed by atoms with Gasteiger partial charge in [0.05, 0.1) is 13.0 Å². The molecule has 128 valence electrons. The van der Waals surface area contributed by atoms with Crippen molar-refractivity contribution >= 4 is 40.3 Å². The van der Waals surface area contributed by atoms with E-state index in [1.807, 2.05) is 5.38 Å². The lowest BCUT2D eigenvalue weighted by Crippen LogP contribution is -2.75. The fourth-order valence-corrected chi connectivity index (χ4v) is 5.15. The van der Waals surface area contributed by atoms with Crippen LogP contribution in [0.3, 0.4) is 0 Å². The first-order valence-corrected chi connectivity index (χ1v) is 9.28. The molecule has 3 N–H and O–H groups in total. The molecule has 0 aliphatic carbocycles. The third-order valence-electron chi connectivity index (χ3n) is 3.83. The molecular weight excluding hydrogens is 356 g/mol. The van der Waals surface area contributed by atoms with Crippen molar-refractivity contribution in [1.29, 1.82) is 0 Å². The van der Waals surface area contributed by atoms with Crippen LogP contribution in [0.2, 0.25) is 0 Å². The zero-order valence-electron chi connectivity index (χ0n) is 12.3. The van der Waals surface area contributed by atoms with E-state index in [0.717, 1.165) is 9.78 Å². The molecule has 2 aliphatic heterocycles. The van der Waals surface area contributed by atoms with E-state index in [4.69, 9.17) is 0 Å². The summed E-state index contributed by atoms with van der Waals surface area (Å²) in [4.78, 5) is 37.4. The van der Waals surface area contributed by atoms with E-state index in [0.29, 0.717) is 0 Å². The number of hydrogen-bond acceptors (Lipinski definition) is 6. The number of β-lactam (4-membered cyclic amide) rings is 1. The molecule has 0 aromatic carbocycles. The SMILES string of the molecule is O=C(Cc1cccs1)NC1C(=O)N2C(C(=O)O)=C(CO)C[S+]([O-])[C@H]12. The zero-order valence-corrected chi connectivity index (χ0v) is 13.9. The molecule has 0 radical (unpaired) electrons. The second-order valence-corrected chi connectivity index (χ2v) is 7.91. The minimum Gasteiger partial charge on any atom is -0.614 e. The molecule has 10 heteroatoms. The van der Waals surface area contributed by atoms with E-state index in [9.17, 15) is 29.1 Å². The first-order chi connectivity index (χ1) is 11.4. The van der Waals surface area contributed by atoms with Crippen molar-refractivity contribution in [2.75, 3.05) is 12.4 Å². The summed E-state index contributed by atoms with van der Waals surface area (Å²) in [5.41, 5.74) is -0.287. The van der Waals surface area contributed by atoms with E-state index in [2.05, 4.69) is 5.32 Å². The fraction of sp³-hybridized carbons (Fsp3) is 0.357. The number of hydrogen-bond donors (Lipinski definition) is 3. The van der Waals surface area contributed by atoms with Crippen LogP contribution < -0.4 is 5.32 Å². The number of carboxylic acids is 1. The van der Waals surface area contributed by atoms with Crippen LogP contribution in [0.5, 0.6) is 0 Å². The molecule has 0 bridgehead atoms. The topological polar surface area (TPSA) is 130 Å². The molecule has 3 heterocycles. The number of carbonyl (C=O) groups excluding carboxylic acids is 2. The number of thiophene rings is 1. The van der Waals surface area contributed by atoms with Crippen molar-refractivity contribution in [2.24, 2.45) is 0 Å². The summed E-state index contributed by atoms with van der Waals surface area (Å²) in [6.07, 6.45) is 0.102. The van der Waals surface area contributed by atoms with Crippen molar-refractivity contribution in [1.82, 2.24) is 10.2 Å². The number of amides is 2. The number of carbonyl (C=O) groups is 3. The molecule has 1 aromatic rings. The van der Waals surface area contributed by atoms with Gasteiger partial charge in [-0.1, -0.05) is 6.07 Å². The second-order valence-electron chi connectivity index (χ2n) is 5.34. The average Bonchev–Trinajstić information content (AvgIpc) is 3.04. The van der Waals surface area contributed by atoms with Gasteiger partial charge >= 0.3 is 5.97 Å². The predicted molar refractivity (Wildman–Crippen MR) is 85.3 cm³/mol. The number of aliphatic hydroxyl groups is 1. The van der Waals surface area contributed by atoms with E-state index < -0.39 is 41.1 Å². The van der Waals surface area contributed by atoms with Gasteiger partial charge in [0.1, 0.15) is 11.4 Å². The Morgan fingerprint density at radius 1 is 1.50 bits per heavy atom. The summed E-state index contributed by atoms with van der Waals surface area (Å²) >= 11 is -0.183. The lowest BCUT2D eigenvalue weighted by molar-refractivity contribution is -0.151. The predicted octanol–water partition coefficient (Wildman–Crippen LogP) is -0.963. The molecule has 3 atom stereocenters. The number of aliphatic hydroxyl groups excluding tert-OH is 1. The van der Waals surface area contributed by atoms with Crippen molar-refractivity contribution in [2.45, 2.75) is 17.8 Å². The van der Waals surface area contributed by atoms with Gasteiger partial charge in [-0.3, -0.25) is 14.5 Å². The van der Waals surface area contributed by atoms with Crippen molar-refractivity contribution in [3.63, 3.8) is 0 Å². The average molecular weight is 370 g/mol. The highest BCUT2D eigenvalue weighted by atomic mass is 32.2. The van der Waals surface area contributed by atoms with Crippen molar-refractivity contribution < 1.29 is 29.1 Å². The second kappa shape index (κ2) is 6.55. The van der Waals surface area contributed by atoms with Gasteiger partial charge < -0.3 is 20.1 Å². The normalized spacial score (nSPS) is 26.0. The Kier molecular flexibility index (Phi) is 4.63. The van der Waals surface area contributed by atoms with E-state index in [1.54, 1.807) is 12.1 Å². The third kappa shape index (κ3) is 2.81. The summed E-state index contributed by atoms with van der Waals surface area (Å²) in [5.74, 6) is -2.51. The Morgan fingerprint density at radius 3 is 2.83 bits per heavy atom. The maximum Gasteiger partial charge on any atom is 0.352 e. The molecule has 1 aromatic heterocycles. The number of nitrogens with zero attached hydrogens (tertiary/aromatic N) is 1. The molecular formula is C14H14N2O6S2. The van der Waals surface area contributed by atoms with Crippen LogP contribution in [-0.2, 0) is 32.0 Å². The lowest BCUT2D eigenvalue weighted by atomic mass is 10.0. The van der Waals surface area contributed by atoms with Crippen LogP contribution in [0.1, 0.15) is 4.88 Å². The summed E-state index contributed by atoms with van der Waals surface area (Å²) in [6, 6.07) is 2.59. The van der Waals surface area contributed by atoms with Crippen LogP contribution in [0.25, 0.3) is 0 Å². The Balaban J connectivity index is 1.75. The maximum atomic E-state index is 12.3. The molecule has 24 heavy (non-hydrogen) atoms. The zero-order chi connectivity index (χ0) is 17.4. The number of rotatable bonds is 5. The Morgan fingerprint density at radius 2 is 2.25 bits per heavy atom. The largest absolute Gasteiger partial charge is 0.614 e. The van der Waals surface area contributed by atoms with Gasteiger partial charge in [-0.15, -0.1) is 11.3 Å². The Hall–Kier alpha value is -1.88. The van der Waals surface area contributed by atoms with Gasteiger partial charge in [0.25, 0.3) is 5.91 Å². The summed E-state index contributed by atoms with van der Waals surface area (Å²) in [5, 5.41) is 21.9. The molecule has 1 saturated heterocycles. The minimum absolute atomic E-state index is 0.0498. The van der Waals surface area contributed by atoms with Gasteiger partial charge in [0.2, 0.25) is 11.3 Å². The highest BCUT2D eigenvalue weighted by molar-refractivity contribution is 7.92. The molecule has 8 nitrogen and oxygen atoms in total. The minimum atomic E-state index is -1.59. The highest BCUT2D eigenvalue weighted by Crippen LogP contribution is 2.36. The molecule has 3 rings (SSSR count). The van der Waals surface area contributed by atoms with E-state index in [-0.39, 0.29) is 29.4 Å². The van der Waals surface area contributed by atoms with Gasteiger partial charge in [-0.05, 0) is 22.6 Å². The smallest absolute Gasteiger partial charge is 0.352 e. The number of carboxylic acid groups (broad SMARTS) is 1. The molecule has 0 saturated carbocycles. The Bertz CT molecular complexity index is 717. The van der Waals surface area contributed by atoms with Gasteiger partial charge in [-0.25, -0.2) is 4.79 Å². The summed E-state index contributed by atoms with van der Waals surface area (Å²) in [6.45, 7) is -0.584. The molecule has 2 amide bonds. The monoisotopic (exact) mass is 370 g/mol. The Labute approximate surface area is 143 Å². The van der Waals surface area contributed by atoms with Crippen LogP contribution in [-0.4, -0.2) is 61.2 Å². The molecule has 2 unspecified atom stereocenters. The van der Waals surface area contributed by atoms with Gasteiger partial charge in [-0.2, -0.15) is 0 Å². The quantitative estimate of drug-likeness (QED) is 0.452.